The predicted octanol–water partition coefficient (Wildman–Crippen LogP) is 8.05. The Morgan fingerprint density at radius 3 is 2.32 bits per heavy atom. The van der Waals surface area contributed by atoms with Crippen molar-refractivity contribution in [1.82, 2.24) is 14.5 Å². The zero-order valence-corrected chi connectivity index (χ0v) is 23.2. The number of amides is 1. The van der Waals surface area contributed by atoms with E-state index in [1.165, 1.54) is 0 Å². The van der Waals surface area contributed by atoms with Crippen molar-refractivity contribution in [3.63, 3.8) is 0 Å². The van der Waals surface area contributed by atoms with Gasteiger partial charge in [0.05, 0.1) is 33.2 Å². The molecule has 4 rings (SSSR count). The summed E-state index contributed by atoms with van der Waals surface area (Å²) in [6.45, 7) is 6.46. The van der Waals surface area contributed by atoms with Gasteiger partial charge in [-0.25, -0.2) is 4.98 Å². The van der Waals surface area contributed by atoms with Gasteiger partial charge < -0.3 is 4.90 Å². The molecule has 5 nitrogen and oxygen atoms in total. The monoisotopic (exact) mass is 555 g/mol. The normalized spacial score (nSPS) is 12.1. The average Bonchev–Trinajstić information content (AvgIpc) is 2.86. The minimum absolute atomic E-state index is 0.224. The summed E-state index contributed by atoms with van der Waals surface area (Å²) in [4.78, 5) is 34.3. The lowest BCUT2D eigenvalue weighted by molar-refractivity contribution is 0.0677. The van der Waals surface area contributed by atoms with Gasteiger partial charge in [-0.15, -0.1) is 0 Å². The van der Waals surface area contributed by atoms with E-state index in [9.17, 15) is 9.59 Å². The van der Waals surface area contributed by atoms with Crippen LogP contribution in [0.3, 0.4) is 0 Å². The van der Waals surface area contributed by atoms with Crippen LogP contribution in [0.15, 0.2) is 65.5 Å². The molecule has 37 heavy (non-hydrogen) atoms. The zero-order chi connectivity index (χ0) is 26.7. The van der Waals surface area contributed by atoms with Crippen molar-refractivity contribution in [2.45, 2.75) is 46.1 Å². The van der Waals surface area contributed by atoms with E-state index in [4.69, 9.17) is 39.8 Å². The summed E-state index contributed by atoms with van der Waals surface area (Å²) in [7, 11) is 0. The van der Waals surface area contributed by atoms with E-state index in [1.807, 2.05) is 38.1 Å². The van der Waals surface area contributed by atoms with Crippen molar-refractivity contribution < 1.29 is 4.79 Å². The summed E-state index contributed by atoms with van der Waals surface area (Å²) < 4.78 is 1.59. The number of aromatic nitrogens is 2. The number of carbonyl (C=O) groups is 1. The third kappa shape index (κ3) is 5.85. The molecule has 4 aromatic rings. The number of halogens is 3. The van der Waals surface area contributed by atoms with Gasteiger partial charge in [-0.1, -0.05) is 72.3 Å². The minimum atomic E-state index is -0.548. The fourth-order valence-electron chi connectivity index (χ4n) is 4.36. The van der Waals surface area contributed by atoms with Crippen LogP contribution in [0.4, 0.5) is 0 Å². The molecule has 0 spiro atoms. The van der Waals surface area contributed by atoms with Crippen molar-refractivity contribution in [3.05, 3.63) is 103 Å². The Kier molecular flexibility index (Phi) is 8.58. The maximum Gasteiger partial charge on any atom is 0.266 e. The quantitative estimate of drug-likeness (QED) is 0.206. The minimum Gasteiger partial charge on any atom is -0.329 e. The number of rotatable bonds is 8. The molecule has 3 aromatic carbocycles. The lowest BCUT2D eigenvalue weighted by Crippen LogP contribution is -2.38. The number of unbranched alkanes of at least 4 members (excludes halogenated alkanes) is 2. The third-order valence-corrected chi connectivity index (χ3v) is 7.20. The number of hydrogen-bond acceptors (Lipinski definition) is 3. The second-order valence-electron chi connectivity index (χ2n) is 9.11. The lowest BCUT2D eigenvalue weighted by Gasteiger charge is -2.31. The molecule has 8 heteroatoms. The Morgan fingerprint density at radius 1 is 0.973 bits per heavy atom. The Balaban J connectivity index is 1.91. The van der Waals surface area contributed by atoms with Crippen molar-refractivity contribution in [3.8, 4) is 5.69 Å². The topological polar surface area (TPSA) is 55.2 Å². The molecule has 1 unspecified atom stereocenters. The van der Waals surface area contributed by atoms with Crippen LogP contribution < -0.4 is 5.56 Å². The molecule has 0 saturated heterocycles. The van der Waals surface area contributed by atoms with Crippen molar-refractivity contribution >= 4 is 51.6 Å². The van der Waals surface area contributed by atoms with Gasteiger partial charge in [-0.2, -0.15) is 0 Å². The van der Waals surface area contributed by atoms with E-state index >= 15 is 0 Å². The molecule has 192 valence electrons. The van der Waals surface area contributed by atoms with Crippen LogP contribution in [0, 0.1) is 6.92 Å². The van der Waals surface area contributed by atoms with E-state index in [-0.39, 0.29) is 16.5 Å². The zero-order valence-electron chi connectivity index (χ0n) is 21.0. The molecule has 1 atom stereocenters. The third-order valence-electron chi connectivity index (χ3n) is 6.42. The van der Waals surface area contributed by atoms with E-state index < -0.39 is 6.04 Å². The van der Waals surface area contributed by atoms with Gasteiger partial charge in [0.15, 0.2) is 0 Å². The molecular weight excluding hydrogens is 529 g/mol. The van der Waals surface area contributed by atoms with Crippen molar-refractivity contribution in [1.29, 1.82) is 0 Å². The summed E-state index contributed by atoms with van der Waals surface area (Å²) in [5, 5.41) is 1.66. The van der Waals surface area contributed by atoms with Crippen LogP contribution in [0.2, 0.25) is 15.1 Å². The number of aryl methyl sites for hydroxylation is 1. The molecule has 0 radical (unpaired) electrons. The smallest absolute Gasteiger partial charge is 0.266 e. The second-order valence-corrected chi connectivity index (χ2v) is 10.4. The summed E-state index contributed by atoms with van der Waals surface area (Å²) in [5.74, 6) is 0.194. The highest BCUT2D eigenvalue weighted by molar-refractivity contribution is 6.36. The van der Waals surface area contributed by atoms with Crippen LogP contribution in [-0.2, 0) is 0 Å². The highest BCUT2D eigenvalue weighted by Gasteiger charge is 2.28. The second kappa shape index (κ2) is 11.7. The van der Waals surface area contributed by atoms with Gasteiger partial charge in [0.2, 0.25) is 0 Å². The maximum atomic E-state index is 13.8. The first-order valence-corrected chi connectivity index (χ1v) is 13.4. The molecule has 1 amide bonds. The van der Waals surface area contributed by atoms with E-state index in [0.29, 0.717) is 44.6 Å². The Labute approximate surface area is 231 Å². The number of fused-ring (bicyclic) bond motifs is 1. The summed E-state index contributed by atoms with van der Waals surface area (Å²) in [5.41, 5.74) is 2.35. The van der Waals surface area contributed by atoms with E-state index in [0.717, 1.165) is 24.8 Å². The van der Waals surface area contributed by atoms with E-state index in [2.05, 4.69) is 6.92 Å². The Morgan fingerprint density at radius 2 is 1.65 bits per heavy atom. The first-order valence-electron chi connectivity index (χ1n) is 12.3. The molecule has 0 saturated carbocycles. The van der Waals surface area contributed by atoms with E-state index in [1.54, 1.807) is 45.9 Å². The van der Waals surface area contributed by atoms with Gasteiger partial charge in [0.25, 0.3) is 11.5 Å². The van der Waals surface area contributed by atoms with Crippen LogP contribution >= 0.6 is 34.8 Å². The first kappa shape index (κ1) is 27.2. The standard InChI is InChI=1S/C29H28Cl3N3O2/c1-4-5-6-15-34(28(36)23-13-9-20(30)16-25(23)32)19(3)27-33-26-17-21(31)10-14-24(26)29(37)35(27)22-11-7-18(2)8-12-22/h7-14,16-17,19H,4-6,15H2,1-3H3. The Bertz CT molecular complexity index is 1500. The fourth-order valence-corrected chi connectivity index (χ4v) is 5.02. The molecule has 0 aliphatic rings. The van der Waals surface area contributed by atoms with Gasteiger partial charge in [0, 0.05) is 16.6 Å². The van der Waals surface area contributed by atoms with Gasteiger partial charge in [-0.3, -0.25) is 14.2 Å². The van der Waals surface area contributed by atoms with Crippen LogP contribution in [-0.4, -0.2) is 26.9 Å². The molecule has 0 aliphatic heterocycles. The van der Waals surface area contributed by atoms with Crippen molar-refractivity contribution in [2.24, 2.45) is 0 Å². The predicted molar refractivity (Wildman–Crippen MR) is 153 cm³/mol. The highest BCUT2D eigenvalue weighted by Crippen LogP contribution is 2.29. The van der Waals surface area contributed by atoms with Crippen LogP contribution in [0.5, 0.6) is 0 Å². The first-order chi connectivity index (χ1) is 17.7. The lowest BCUT2D eigenvalue weighted by atomic mass is 10.1. The molecule has 0 aliphatic carbocycles. The number of benzene rings is 3. The molecular formula is C29H28Cl3N3O2. The van der Waals surface area contributed by atoms with Gasteiger partial charge in [0.1, 0.15) is 5.82 Å². The SMILES string of the molecule is CCCCCN(C(=O)c1ccc(Cl)cc1Cl)C(C)c1nc2cc(Cl)ccc2c(=O)n1-c1ccc(C)cc1. The number of hydrogen-bond donors (Lipinski definition) is 0. The summed E-state index contributed by atoms with van der Waals surface area (Å²) in [6, 6.07) is 17.0. The largest absolute Gasteiger partial charge is 0.329 e. The van der Waals surface area contributed by atoms with Crippen LogP contribution in [0.1, 0.15) is 60.9 Å². The number of carbonyl (C=O) groups excluding carboxylic acids is 1. The van der Waals surface area contributed by atoms with Crippen LogP contribution in [0.25, 0.3) is 16.6 Å². The molecule has 1 heterocycles. The fraction of sp³-hybridized carbons (Fsp3) is 0.276. The maximum absolute atomic E-state index is 13.8. The highest BCUT2D eigenvalue weighted by atomic mass is 35.5. The number of nitrogens with zero attached hydrogens (tertiary/aromatic N) is 3. The van der Waals surface area contributed by atoms with Gasteiger partial charge >= 0.3 is 0 Å². The summed E-state index contributed by atoms with van der Waals surface area (Å²) in [6.07, 6.45) is 2.75. The van der Waals surface area contributed by atoms with Crippen molar-refractivity contribution in [2.75, 3.05) is 6.54 Å². The molecule has 0 bridgehead atoms. The van der Waals surface area contributed by atoms with Gasteiger partial charge in [-0.05, 0) is 68.8 Å². The molecule has 0 fully saturated rings. The average molecular weight is 557 g/mol. The molecule has 0 N–H and O–H groups in total. The molecule has 1 aromatic heterocycles. The Hall–Kier alpha value is -2.86. The summed E-state index contributed by atoms with van der Waals surface area (Å²) >= 11 is 18.8.